The molecule has 0 spiro atoms. The molecule has 2 aromatic carbocycles. The maximum absolute atomic E-state index is 11.8. The van der Waals surface area contributed by atoms with E-state index in [-0.39, 0.29) is 23.9 Å². The van der Waals surface area contributed by atoms with Crippen molar-refractivity contribution in [2.45, 2.75) is 50.0 Å². The van der Waals surface area contributed by atoms with E-state index in [1.165, 1.54) is 6.33 Å². The van der Waals surface area contributed by atoms with Crippen LogP contribution in [0.1, 0.15) is 42.2 Å². The van der Waals surface area contributed by atoms with Crippen molar-refractivity contribution >= 4 is 28.5 Å². The molecular formula is C36H40N10O3. The van der Waals surface area contributed by atoms with Crippen molar-refractivity contribution in [2.75, 3.05) is 43.4 Å². The van der Waals surface area contributed by atoms with Crippen molar-refractivity contribution in [3.05, 3.63) is 84.9 Å². The second-order valence-electron chi connectivity index (χ2n) is 13.1. The minimum Gasteiger partial charge on any atom is -0.476 e. The van der Waals surface area contributed by atoms with Crippen LogP contribution in [-0.4, -0.2) is 96.6 Å². The summed E-state index contributed by atoms with van der Waals surface area (Å²) in [6.07, 6.45) is 7.00. The first-order valence-electron chi connectivity index (χ1n) is 17.0. The lowest BCUT2D eigenvalue weighted by molar-refractivity contribution is 0.0310. The fraction of sp³-hybridized carbons (Fsp3) is 0.361. The number of benzene rings is 2. The van der Waals surface area contributed by atoms with Crippen molar-refractivity contribution in [1.82, 2.24) is 34.5 Å². The van der Waals surface area contributed by atoms with Crippen molar-refractivity contribution in [3.8, 4) is 22.8 Å². The number of anilines is 2. The number of fused-ring (bicyclic) bond motifs is 1. The Morgan fingerprint density at radius 2 is 1.59 bits per heavy atom. The van der Waals surface area contributed by atoms with Crippen LogP contribution < -0.4 is 21.1 Å². The molecule has 2 saturated heterocycles. The summed E-state index contributed by atoms with van der Waals surface area (Å²) in [6.45, 7) is 4.54. The Balaban J connectivity index is 0.981. The van der Waals surface area contributed by atoms with Crippen LogP contribution in [0.3, 0.4) is 0 Å². The first-order valence-corrected chi connectivity index (χ1v) is 17.0. The number of aromatic nitrogens is 5. The smallest absolute Gasteiger partial charge is 0.356 e. The first-order chi connectivity index (χ1) is 23.9. The Bertz CT molecular complexity index is 1940. The highest BCUT2D eigenvalue weighted by Crippen LogP contribution is 2.38. The Morgan fingerprint density at radius 1 is 0.837 bits per heavy atom. The molecule has 1 saturated carbocycles. The zero-order valence-electron chi connectivity index (χ0n) is 27.2. The molecule has 5 N–H and O–H groups in total. The molecule has 2 aliphatic heterocycles. The third kappa shape index (κ3) is 5.94. The van der Waals surface area contributed by atoms with Gasteiger partial charge in [-0.05, 0) is 74.2 Å². The van der Waals surface area contributed by atoms with Gasteiger partial charge in [-0.3, -0.25) is 9.80 Å². The first kappa shape index (κ1) is 31.2. The standard InChI is InChI=1S/C36H40N10O3/c37-27-13-10-24(43-17-19-44(20-18-43)30-14-16-45(30)28-7-4-15-39-33(28)36(47)48)21-29(27)46-35-31(34(38)40-22-41-35)32(42-46)23-8-11-26(12-9-23)49-25-5-2-1-3-6-25/h1-9,11-12,15,22,24,27,29-30H,10,13-14,16-21,37H2,(H,47,48)(H2,38,40,41). The highest BCUT2D eigenvalue weighted by molar-refractivity contribution is 5.98. The van der Waals surface area contributed by atoms with Crippen LogP contribution in [0.5, 0.6) is 11.5 Å². The molecule has 5 heterocycles. The molecule has 0 radical (unpaired) electrons. The van der Waals surface area contributed by atoms with Gasteiger partial charge in [0.15, 0.2) is 11.3 Å². The number of para-hydroxylation sites is 1. The number of nitrogens with zero attached hydrogens (tertiary/aromatic N) is 8. The molecule has 1 aliphatic carbocycles. The average Bonchev–Trinajstić information content (AvgIpc) is 3.50. The summed E-state index contributed by atoms with van der Waals surface area (Å²) in [6, 6.07) is 21.4. The van der Waals surface area contributed by atoms with Crippen molar-refractivity contribution in [2.24, 2.45) is 5.73 Å². The van der Waals surface area contributed by atoms with E-state index in [0.29, 0.717) is 23.2 Å². The van der Waals surface area contributed by atoms with Crippen LogP contribution in [0, 0.1) is 0 Å². The lowest BCUT2D eigenvalue weighted by atomic mass is 9.86. The van der Waals surface area contributed by atoms with E-state index >= 15 is 0 Å². The monoisotopic (exact) mass is 660 g/mol. The number of aromatic carboxylic acids is 1. The van der Waals surface area contributed by atoms with Gasteiger partial charge in [0.05, 0.1) is 23.3 Å². The van der Waals surface area contributed by atoms with Gasteiger partial charge in [-0.25, -0.2) is 24.4 Å². The minimum atomic E-state index is -0.992. The van der Waals surface area contributed by atoms with Gasteiger partial charge in [0.2, 0.25) is 0 Å². The number of hydrogen-bond donors (Lipinski definition) is 3. The second-order valence-corrected chi connectivity index (χ2v) is 13.1. The molecule has 0 amide bonds. The van der Waals surface area contributed by atoms with E-state index < -0.39 is 5.97 Å². The van der Waals surface area contributed by atoms with Crippen LogP contribution in [0.15, 0.2) is 79.3 Å². The summed E-state index contributed by atoms with van der Waals surface area (Å²) in [5.41, 5.74) is 16.4. The third-order valence-corrected chi connectivity index (χ3v) is 10.4. The zero-order valence-corrected chi connectivity index (χ0v) is 27.2. The molecule has 13 heteroatoms. The minimum absolute atomic E-state index is 0.0508. The number of rotatable bonds is 8. The summed E-state index contributed by atoms with van der Waals surface area (Å²) in [5.74, 6) is 0.898. The summed E-state index contributed by atoms with van der Waals surface area (Å²) in [4.78, 5) is 32.2. The number of pyridine rings is 1. The molecule has 4 atom stereocenters. The van der Waals surface area contributed by atoms with E-state index in [0.717, 1.165) is 86.5 Å². The van der Waals surface area contributed by atoms with Crippen molar-refractivity contribution < 1.29 is 14.6 Å². The SMILES string of the molecule is Nc1ncnc2c1c(-c1ccc(Oc3ccccc3)cc1)nn2C1CC(N2CCN(C3CCN3c3cccnc3C(=O)O)CC2)CCC1N. The molecule has 252 valence electrons. The zero-order chi connectivity index (χ0) is 33.5. The van der Waals surface area contributed by atoms with Gasteiger partial charge in [0.25, 0.3) is 0 Å². The van der Waals surface area contributed by atoms with Gasteiger partial charge in [-0.2, -0.15) is 5.10 Å². The molecule has 0 bridgehead atoms. The van der Waals surface area contributed by atoms with Gasteiger partial charge >= 0.3 is 5.97 Å². The van der Waals surface area contributed by atoms with Crippen molar-refractivity contribution in [1.29, 1.82) is 0 Å². The fourth-order valence-corrected chi connectivity index (χ4v) is 7.72. The summed E-state index contributed by atoms with van der Waals surface area (Å²) in [7, 11) is 0. The lowest BCUT2D eigenvalue weighted by Gasteiger charge is -2.52. The van der Waals surface area contributed by atoms with Crippen molar-refractivity contribution in [3.63, 3.8) is 0 Å². The average molecular weight is 661 g/mol. The van der Waals surface area contributed by atoms with Gasteiger partial charge in [-0.1, -0.05) is 18.2 Å². The highest BCUT2D eigenvalue weighted by atomic mass is 16.5. The van der Waals surface area contributed by atoms with Gasteiger partial charge in [-0.15, -0.1) is 0 Å². The lowest BCUT2D eigenvalue weighted by Crippen LogP contribution is -2.63. The molecule has 49 heavy (non-hydrogen) atoms. The van der Waals surface area contributed by atoms with Gasteiger partial charge in [0.1, 0.15) is 29.3 Å². The summed E-state index contributed by atoms with van der Waals surface area (Å²) >= 11 is 0. The van der Waals surface area contributed by atoms with E-state index in [9.17, 15) is 9.90 Å². The molecule has 3 aliphatic rings. The number of carboxylic acids is 1. The molecule has 5 aromatic rings. The van der Waals surface area contributed by atoms with E-state index in [1.807, 2.05) is 71.4 Å². The summed E-state index contributed by atoms with van der Waals surface area (Å²) < 4.78 is 8.00. The highest BCUT2D eigenvalue weighted by Gasteiger charge is 2.40. The Kier molecular flexibility index (Phi) is 8.31. The van der Waals surface area contributed by atoms with E-state index in [2.05, 4.69) is 29.7 Å². The van der Waals surface area contributed by atoms with Gasteiger partial charge < -0.3 is 26.2 Å². The fourth-order valence-electron chi connectivity index (χ4n) is 7.72. The number of hydrogen-bond acceptors (Lipinski definition) is 11. The normalized spacial score (nSPS) is 23.3. The second kappa shape index (κ2) is 13.1. The molecular weight excluding hydrogens is 620 g/mol. The largest absolute Gasteiger partial charge is 0.476 e. The van der Waals surface area contributed by atoms with Crippen LogP contribution in [-0.2, 0) is 0 Å². The van der Waals surface area contributed by atoms with Crippen LogP contribution in [0.2, 0.25) is 0 Å². The Labute approximate surface area is 284 Å². The Morgan fingerprint density at radius 3 is 2.33 bits per heavy atom. The number of nitrogen functional groups attached to an aromatic ring is 1. The predicted molar refractivity (Wildman–Crippen MR) is 186 cm³/mol. The third-order valence-electron chi connectivity index (χ3n) is 10.4. The maximum atomic E-state index is 11.8. The molecule has 3 fully saturated rings. The molecule has 13 nitrogen and oxygen atoms in total. The van der Waals surface area contributed by atoms with E-state index in [1.54, 1.807) is 6.20 Å². The van der Waals surface area contributed by atoms with Crippen LogP contribution in [0.25, 0.3) is 22.3 Å². The Hall–Kier alpha value is -5.11. The molecule has 4 unspecified atom stereocenters. The van der Waals surface area contributed by atoms with Gasteiger partial charge in [0, 0.05) is 56.6 Å². The quantitative estimate of drug-likeness (QED) is 0.217. The molecule has 3 aromatic heterocycles. The topological polar surface area (TPSA) is 165 Å². The molecule has 8 rings (SSSR count). The maximum Gasteiger partial charge on any atom is 0.356 e. The number of ether oxygens (including phenoxy) is 1. The van der Waals surface area contributed by atoms with E-state index in [4.69, 9.17) is 21.3 Å². The number of nitrogens with two attached hydrogens (primary N) is 2. The van der Waals surface area contributed by atoms with Crippen LogP contribution >= 0.6 is 0 Å². The summed E-state index contributed by atoms with van der Waals surface area (Å²) in [5, 5.41) is 15.5. The van der Waals surface area contributed by atoms with Crippen LogP contribution in [0.4, 0.5) is 11.5 Å². The predicted octanol–water partition coefficient (Wildman–Crippen LogP) is 4.24. The number of carbonyl (C=O) groups is 1. The number of carboxylic acid groups (broad SMARTS) is 1. The number of piperazine rings is 1.